The average molecular weight is 543 g/mol. The van der Waals surface area contributed by atoms with Gasteiger partial charge in [0.2, 0.25) is 0 Å². The molecule has 41 heavy (non-hydrogen) atoms. The van der Waals surface area contributed by atoms with E-state index in [1.165, 1.54) is 26.5 Å². The second-order valence-corrected chi connectivity index (χ2v) is 11.4. The van der Waals surface area contributed by atoms with E-state index in [0.717, 1.165) is 54.8 Å². The molecular formula is C37H22N2OS. The van der Waals surface area contributed by atoms with Crippen molar-refractivity contribution in [3.8, 4) is 27.4 Å². The van der Waals surface area contributed by atoms with Crippen LogP contribution in [0.2, 0.25) is 0 Å². The van der Waals surface area contributed by atoms with Crippen molar-refractivity contribution in [2.75, 3.05) is 0 Å². The maximum absolute atomic E-state index is 6.63. The highest BCUT2D eigenvalue weighted by atomic mass is 32.1. The number of aromatic nitrogens is 2. The van der Waals surface area contributed by atoms with Crippen LogP contribution < -0.4 is 0 Å². The smallest absolute Gasteiger partial charge is 0.145 e. The summed E-state index contributed by atoms with van der Waals surface area (Å²) in [5.41, 5.74) is 9.60. The number of para-hydroxylation sites is 4. The van der Waals surface area contributed by atoms with Crippen LogP contribution in [0.4, 0.5) is 0 Å². The summed E-state index contributed by atoms with van der Waals surface area (Å²) in [6.07, 6.45) is 0. The monoisotopic (exact) mass is 542 g/mol. The summed E-state index contributed by atoms with van der Waals surface area (Å²) in [5.74, 6) is 0. The summed E-state index contributed by atoms with van der Waals surface area (Å²) in [6.45, 7) is 0. The molecular weight excluding hydrogens is 520 g/mol. The molecule has 0 amide bonds. The zero-order valence-electron chi connectivity index (χ0n) is 21.9. The van der Waals surface area contributed by atoms with E-state index in [1.54, 1.807) is 11.3 Å². The van der Waals surface area contributed by atoms with Gasteiger partial charge in [0, 0.05) is 32.7 Å². The van der Waals surface area contributed by atoms with Crippen LogP contribution in [0.1, 0.15) is 0 Å². The van der Waals surface area contributed by atoms with Crippen molar-refractivity contribution in [1.29, 1.82) is 0 Å². The molecule has 0 atom stereocenters. The van der Waals surface area contributed by atoms with Crippen molar-refractivity contribution in [3.63, 3.8) is 0 Å². The number of hydrogen-bond acceptors (Lipinski definition) is 3. The van der Waals surface area contributed by atoms with Gasteiger partial charge in [0.05, 0.1) is 26.9 Å². The van der Waals surface area contributed by atoms with Crippen molar-refractivity contribution in [1.82, 2.24) is 9.55 Å². The minimum absolute atomic E-state index is 0.897. The van der Waals surface area contributed by atoms with Crippen LogP contribution in [0, 0.1) is 0 Å². The fourth-order valence-electron chi connectivity index (χ4n) is 6.20. The zero-order chi connectivity index (χ0) is 26.9. The van der Waals surface area contributed by atoms with Crippen LogP contribution in [0.3, 0.4) is 0 Å². The Labute approximate surface area is 239 Å². The molecule has 0 aliphatic rings. The number of rotatable bonds is 3. The Bertz CT molecular complexity index is 2340. The molecule has 0 saturated heterocycles. The number of benzene rings is 6. The van der Waals surface area contributed by atoms with E-state index in [4.69, 9.17) is 9.40 Å². The van der Waals surface area contributed by atoms with Gasteiger partial charge in [-0.3, -0.25) is 0 Å². The van der Waals surface area contributed by atoms with Crippen LogP contribution in [0.15, 0.2) is 138 Å². The van der Waals surface area contributed by atoms with Crippen LogP contribution in [-0.4, -0.2) is 9.55 Å². The Balaban J connectivity index is 1.33. The highest BCUT2D eigenvalue weighted by Crippen LogP contribution is 2.43. The van der Waals surface area contributed by atoms with Gasteiger partial charge in [-0.25, -0.2) is 4.98 Å². The number of nitrogens with zero attached hydrogens (tertiary/aromatic N) is 2. The number of furan rings is 1. The van der Waals surface area contributed by atoms with Crippen LogP contribution >= 0.6 is 11.3 Å². The van der Waals surface area contributed by atoms with Crippen molar-refractivity contribution >= 4 is 65.3 Å². The lowest BCUT2D eigenvalue weighted by atomic mass is 9.98. The quantitative estimate of drug-likeness (QED) is 0.222. The molecule has 9 aromatic rings. The first-order valence-electron chi connectivity index (χ1n) is 13.7. The van der Waals surface area contributed by atoms with E-state index in [9.17, 15) is 0 Å². The third kappa shape index (κ3) is 3.35. The molecule has 6 aromatic carbocycles. The number of fused-ring (bicyclic) bond motifs is 7. The van der Waals surface area contributed by atoms with Gasteiger partial charge in [-0.1, -0.05) is 91.0 Å². The van der Waals surface area contributed by atoms with Gasteiger partial charge in [-0.05, 0) is 48.0 Å². The topological polar surface area (TPSA) is 31.0 Å². The maximum atomic E-state index is 6.63. The summed E-state index contributed by atoms with van der Waals surface area (Å²) in [5, 5.41) is 5.76. The number of hydrogen-bond donors (Lipinski definition) is 0. The molecule has 0 bridgehead atoms. The molecule has 0 aliphatic heterocycles. The molecule has 9 rings (SSSR count). The van der Waals surface area contributed by atoms with E-state index in [-0.39, 0.29) is 0 Å². The van der Waals surface area contributed by atoms with E-state index in [0.29, 0.717) is 0 Å². The summed E-state index contributed by atoms with van der Waals surface area (Å²) in [6, 6.07) is 47.1. The third-order valence-corrected chi connectivity index (χ3v) is 9.15. The lowest BCUT2D eigenvalue weighted by molar-refractivity contribution is 0.670. The number of thiazole rings is 1. The lowest BCUT2D eigenvalue weighted by Crippen LogP contribution is -1.97. The molecule has 0 aliphatic carbocycles. The molecule has 0 N–H and O–H groups in total. The van der Waals surface area contributed by atoms with Crippen LogP contribution in [0.5, 0.6) is 0 Å². The highest BCUT2D eigenvalue weighted by molar-refractivity contribution is 7.21. The van der Waals surface area contributed by atoms with Gasteiger partial charge in [0.1, 0.15) is 16.2 Å². The molecule has 3 aromatic heterocycles. The van der Waals surface area contributed by atoms with E-state index in [1.807, 2.05) is 12.1 Å². The highest BCUT2D eigenvalue weighted by Gasteiger charge is 2.21. The predicted octanol–water partition coefficient (Wildman–Crippen LogP) is 10.6. The largest absolute Gasteiger partial charge is 0.455 e. The summed E-state index contributed by atoms with van der Waals surface area (Å²) < 4.78 is 10.2. The van der Waals surface area contributed by atoms with Gasteiger partial charge in [-0.15, -0.1) is 11.3 Å². The second-order valence-electron chi connectivity index (χ2n) is 10.4. The first kappa shape index (κ1) is 22.6. The summed E-state index contributed by atoms with van der Waals surface area (Å²) in [4.78, 5) is 4.89. The summed E-state index contributed by atoms with van der Waals surface area (Å²) >= 11 is 1.73. The normalized spacial score (nSPS) is 11.9. The Morgan fingerprint density at radius 2 is 1.17 bits per heavy atom. The molecule has 0 unspecified atom stereocenters. The molecule has 3 heterocycles. The van der Waals surface area contributed by atoms with Crippen molar-refractivity contribution in [2.24, 2.45) is 0 Å². The minimum Gasteiger partial charge on any atom is -0.455 e. The maximum Gasteiger partial charge on any atom is 0.145 e. The van der Waals surface area contributed by atoms with Gasteiger partial charge in [-0.2, -0.15) is 0 Å². The van der Waals surface area contributed by atoms with Crippen LogP contribution in [-0.2, 0) is 0 Å². The summed E-state index contributed by atoms with van der Waals surface area (Å²) in [7, 11) is 0. The fraction of sp³-hybridized carbons (Fsp3) is 0. The predicted molar refractivity (Wildman–Crippen MR) is 172 cm³/mol. The lowest BCUT2D eigenvalue weighted by Gasteiger charge is -2.15. The Morgan fingerprint density at radius 3 is 1.93 bits per heavy atom. The Morgan fingerprint density at radius 1 is 0.537 bits per heavy atom. The third-order valence-electron chi connectivity index (χ3n) is 8.06. The first-order chi connectivity index (χ1) is 20.3. The van der Waals surface area contributed by atoms with Gasteiger partial charge in [0.25, 0.3) is 0 Å². The van der Waals surface area contributed by atoms with Crippen molar-refractivity contribution < 1.29 is 4.42 Å². The minimum atomic E-state index is 0.897. The molecule has 4 heteroatoms. The molecule has 0 saturated carbocycles. The SMILES string of the molecule is c1ccc2sc(-c3ccc(-c4c(-n5c6ccccc6c6ccccc65)ccc5c4oc4ccccc45)cc3)nc2c1. The Hall–Kier alpha value is -5.19. The van der Waals surface area contributed by atoms with Gasteiger partial charge >= 0.3 is 0 Å². The Kier molecular flexibility index (Phi) is 4.77. The fourth-order valence-corrected chi connectivity index (χ4v) is 7.17. The van der Waals surface area contributed by atoms with E-state index in [2.05, 4.69) is 126 Å². The standard InChI is InChI=1S/C37H22N2OS/c1-5-13-30-25(9-1)26-10-2-6-14-31(26)39(30)32-22-21-28-27-11-3-7-15-33(27)40-36(28)35(32)23-17-19-24(20-18-23)37-38-29-12-4-8-16-34(29)41-37/h1-22H. The molecule has 0 fully saturated rings. The zero-order valence-corrected chi connectivity index (χ0v) is 22.7. The van der Waals surface area contributed by atoms with Crippen molar-refractivity contribution in [3.05, 3.63) is 133 Å². The van der Waals surface area contributed by atoms with Gasteiger partial charge < -0.3 is 8.98 Å². The molecule has 192 valence electrons. The van der Waals surface area contributed by atoms with Crippen LogP contribution in [0.25, 0.3) is 81.3 Å². The average Bonchev–Trinajstić information content (AvgIpc) is 3.72. The molecule has 0 radical (unpaired) electrons. The first-order valence-corrected chi connectivity index (χ1v) is 14.5. The van der Waals surface area contributed by atoms with E-state index < -0.39 is 0 Å². The second kappa shape index (κ2) is 8.65. The molecule has 0 spiro atoms. The van der Waals surface area contributed by atoms with Gasteiger partial charge in [0.15, 0.2) is 0 Å². The van der Waals surface area contributed by atoms with E-state index >= 15 is 0 Å². The van der Waals surface area contributed by atoms with Crippen molar-refractivity contribution in [2.45, 2.75) is 0 Å². The molecule has 3 nitrogen and oxygen atoms in total.